The van der Waals surface area contributed by atoms with Crippen molar-refractivity contribution in [2.45, 2.75) is 82.5 Å². The molecule has 31 heavy (non-hydrogen) atoms. The van der Waals surface area contributed by atoms with Crippen molar-refractivity contribution in [3.63, 3.8) is 0 Å². The topological polar surface area (TPSA) is 93.2 Å². The highest BCUT2D eigenvalue weighted by Gasteiger charge is 2.83. The minimum atomic E-state index is -2.32. The second kappa shape index (κ2) is 6.22. The maximum atomic E-state index is 15.4. The van der Waals surface area contributed by atoms with E-state index in [2.05, 4.69) is 0 Å². The highest BCUT2D eigenvalue weighted by atomic mass is 19.1. The van der Waals surface area contributed by atoms with E-state index in [0.29, 0.717) is 18.4 Å². The lowest BCUT2D eigenvalue weighted by Gasteiger charge is -2.57. The third-order valence-corrected chi connectivity index (χ3v) is 9.33. The smallest absolute Gasteiger partial charge is 0.303 e. The molecule has 0 bridgehead atoms. The molecular formula is C23H28F2O6. The monoisotopic (exact) mass is 438 g/mol. The molecule has 1 N–H and O–H groups in total. The quantitative estimate of drug-likeness (QED) is 0.537. The number of alkyl halides is 2. The van der Waals surface area contributed by atoms with Crippen molar-refractivity contribution < 1.29 is 37.7 Å². The predicted molar refractivity (Wildman–Crippen MR) is 103 cm³/mol. The fraction of sp³-hybridized carbons (Fsp3) is 0.783. The van der Waals surface area contributed by atoms with Crippen LogP contribution in [-0.4, -0.2) is 58.9 Å². The SMILES string of the molecule is CC(=O)OCC(=O)[C@@]1(O)[C@H](F)C[C@H]2[C@@H]3C[C@H](F)C4=CC(=O)CC[C@]4(C)[C@@]34O[C@H]4C[C@@]21C. The molecule has 1 aliphatic heterocycles. The van der Waals surface area contributed by atoms with Gasteiger partial charge in [-0.15, -0.1) is 0 Å². The van der Waals surface area contributed by atoms with E-state index in [1.807, 2.05) is 6.92 Å². The Balaban J connectivity index is 1.54. The number of carbonyl (C=O) groups excluding carboxylic acids is 3. The fourth-order valence-electron chi connectivity index (χ4n) is 7.75. The van der Waals surface area contributed by atoms with Crippen LogP contribution in [0.15, 0.2) is 11.6 Å². The van der Waals surface area contributed by atoms with Gasteiger partial charge in [0.05, 0.1) is 6.10 Å². The first-order valence-electron chi connectivity index (χ1n) is 11.0. The average Bonchev–Trinajstić information content (AvgIpc) is 3.38. The molecule has 6 nitrogen and oxygen atoms in total. The third kappa shape index (κ3) is 2.35. The number of aliphatic hydroxyl groups is 1. The number of hydrogen-bond donors (Lipinski definition) is 1. The summed E-state index contributed by atoms with van der Waals surface area (Å²) in [6.45, 7) is 4.06. The second-order valence-electron chi connectivity index (χ2n) is 10.5. The zero-order chi connectivity index (χ0) is 22.6. The van der Waals surface area contributed by atoms with Crippen LogP contribution in [0.5, 0.6) is 0 Å². The summed E-state index contributed by atoms with van der Waals surface area (Å²) in [6.07, 6.45) is -1.07. The van der Waals surface area contributed by atoms with E-state index in [0.717, 1.165) is 6.92 Å². The third-order valence-electron chi connectivity index (χ3n) is 9.33. The largest absolute Gasteiger partial charge is 0.458 e. The Bertz CT molecular complexity index is 918. The van der Waals surface area contributed by atoms with Crippen molar-refractivity contribution in [2.75, 3.05) is 6.61 Å². The van der Waals surface area contributed by atoms with Crippen molar-refractivity contribution in [3.05, 3.63) is 11.6 Å². The number of ether oxygens (including phenoxy) is 2. The zero-order valence-corrected chi connectivity index (χ0v) is 18.0. The molecular weight excluding hydrogens is 410 g/mol. The van der Waals surface area contributed by atoms with Gasteiger partial charge in [0.2, 0.25) is 5.78 Å². The van der Waals surface area contributed by atoms with Crippen LogP contribution >= 0.6 is 0 Å². The molecule has 1 spiro atoms. The van der Waals surface area contributed by atoms with Crippen LogP contribution in [0.1, 0.15) is 52.9 Å². The number of Topliss-reactive ketones (excluding diaryl/α,β-unsaturated/α-hetero) is 1. The van der Waals surface area contributed by atoms with Gasteiger partial charge in [0, 0.05) is 24.2 Å². The summed E-state index contributed by atoms with van der Waals surface area (Å²) < 4.78 is 41.8. The molecule has 5 rings (SSSR count). The first kappa shape index (κ1) is 21.2. The van der Waals surface area contributed by atoms with Crippen LogP contribution in [0.2, 0.25) is 0 Å². The second-order valence-corrected chi connectivity index (χ2v) is 10.5. The number of rotatable bonds is 3. The van der Waals surface area contributed by atoms with Gasteiger partial charge >= 0.3 is 5.97 Å². The lowest BCUT2D eigenvalue weighted by atomic mass is 9.45. The van der Waals surface area contributed by atoms with Gasteiger partial charge in [0.15, 0.2) is 18.0 Å². The number of epoxide rings is 1. The van der Waals surface area contributed by atoms with Crippen molar-refractivity contribution in [1.29, 1.82) is 0 Å². The highest BCUT2D eigenvalue weighted by molar-refractivity contribution is 5.92. The first-order chi connectivity index (χ1) is 14.4. The molecule has 4 fully saturated rings. The van der Waals surface area contributed by atoms with E-state index in [9.17, 15) is 19.5 Å². The van der Waals surface area contributed by atoms with Gasteiger partial charge in [-0.2, -0.15) is 0 Å². The molecule has 5 aliphatic rings. The molecule has 3 saturated carbocycles. The number of carbonyl (C=O) groups is 3. The molecule has 9 atom stereocenters. The number of fused-ring (bicyclic) bond motifs is 3. The Hall–Kier alpha value is -1.67. The Morgan fingerprint density at radius 2 is 1.97 bits per heavy atom. The van der Waals surface area contributed by atoms with Gasteiger partial charge < -0.3 is 14.6 Å². The molecule has 0 radical (unpaired) electrons. The summed E-state index contributed by atoms with van der Waals surface area (Å²) in [7, 11) is 0. The Morgan fingerprint density at radius 1 is 1.26 bits per heavy atom. The van der Waals surface area contributed by atoms with Crippen LogP contribution in [0.25, 0.3) is 0 Å². The summed E-state index contributed by atoms with van der Waals surface area (Å²) in [5.41, 5.74) is -4.38. The molecule has 8 heteroatoms. The van der Waals surface area contributed by atoms with Crippen LogP contribution < -0.4 is 0 Å². The number of hydrogen-bond acceptors (Lipinski definition) is 6. The standard InChI is InChI=1S/C23H28F2O6/c1-11(26)30-10-18(28)22(29)17(25)8-13-14-7-16(24)15-6-12(27)4-5-20(15,2)23(14)19(31-23)9-21(13,22)3/h6,13-14,16-17,19,29H,4-5,7-10H2,1-3H3/t13-,14-,16-,17+,19-,20-,21-,22-,23+/m0/s1. The molecule has 170 valence electrons. The minimum absolute atomic E-state index is 0.0758. The van der Waals surface area contributed by atoms with Crippen molar-refractivity contribution >= 4 is 17.5 Å². The van der Waals surface area contributed by atoms with E-state index in [4.69, 9.17) is 9.47 Å². The van der Waals surface area contributed by atoms with Gasteiger partial charge in [0.1, 0.15) is 17.9 Å². The fourth-order valence-corrected chi connectivity index (χ4v) is 7.75. The summed E-state index contributed by atoms with van der Waals surface area (Å²) in [6, 6.07) is 0. The number of halogens is 2. The highest BCUT2D eigenvalue weighted by Crippen LogP contribution is 2.76. The molecule has 0 aromatic carbocycles. The van der Waals surface area contributed by atoms with E-state index < -0.39 is 58.7 Å². The predicted octanol–water partition coefficient (Wildman–Crippen LogP) is 2.41. The Kier molecular flexibility index (Phi) is 4.25. The van der Waals surface area contributed by atoms with Crippen LogP contribution in [-0.2, 0) is 23.9 Å². The van der Waals surface area contributed by atoms with E-state index in [1.54, 1.807) is 6.92 Å². The van der Waals surface area contributed by atoms with Crippen LogP contribution in [0, 0.1) is 22.7 Å². The van der Waals surface area contributed by atoms with Gasteiger partial charge in [0.25, 0.3) is 0 Å². The maximum Gasteiger partial charge on any atom is 0.303 e. The molecule has 0 unspecified atom stereocenters. The number of esters is 1. The van der Waals surface area contributed by atoms with E-state index in [-0.39, 0.29) is 37.1 Å². The summed E-state index contributed by atoms with van der Waals surface area (Å²) in [4.78, 5) is 36.0. The lowest BCUT2D eigenvalue weighted by molar-refractivity contribution is -0.173. The van der Waals surface area contributed by atoms with E-state index in [1.165, 1.54) is 6.08 Å². The first-order valence-corrected chi connectivity index (χ1v) is 11.0. The van der Waals surface area contributed by atoms with E-state index >= 15 is 8.78 Å². The number of ketones is 2. The normalized spacial score (nSPS) is 52.3. The van der Waals surface area contributed by atoms with Crippen molar-refractivity contribution in [3.8, 4) is 0 Å². The maximum absolute atomic E-state index is 15.4. The Morgan fingerprint density at radius 3 is 2.65 bits per heavy atom. The molecule has 0 aromatic heterocycles. The molecule has 0 amide bonds. The van der Waals surface area contributed by atoms with Gasteiger partial charge in [-0.05, 0) is 49.2 Å². The lowest BCUT2D eigenvalue weighted by Crippen LogP contribution is -2.64. The molecule has 0 aromatic rings. The summed E-state index contributed by atoms with van der Waals surface area (Å²) in [5.74, 6) is -2.49. The summed E-state index contributed by atoms with van der Waals surface area (Å²) >= 11 is 0. The van der Waals surface area contributed by atoms with Crippen LogP contribution in [0.4, 0.5) is 8.78 Å². The van der Waals surface area contributed by atoms with Gasteiger partial charge in [-0.1, -0.05) is 13.8 Å². The molecule has 1 saturated heterocycles. The van der Waals surface area contributed by atoms with Gasteiger partial charge in [-0.3, -0.25) is 14.4 Å². The Labute approximate surface area is 179 Å². The molecule has 1 heterocycles. The van der Waals surface area contributed by atoms with Crippen LogP contribution in [0.3, 0.4) is 0 Å². The minimum Gasteiger partial charge on any atom is -0.458 e. The molecule has 4 aliphatic carbocycles. The zero-order valence-electron chi connectivity index (χ0n) is 18.0. The average molecular weight is 438 g/mol. The van der Waals surface area contributed by atoms with Gasteiger partial charge in [-0.25, -0.2) is 8.78 Å². The van der Waals surface area contributed by atoms with Crippen molar-refractivity contribution in [1.82, 2.24) is 0 Å². The summed E-state index contributed by atoms with van der Waals surface area (Å²) in [5, 5.41) is 11.4. The van der Waals surface area contributed by atoms with Crippen molar-refractivity contribution in [2.24, 2.45) is 22.7 Å².